The highest BCUT2D eigenvalue weighted by Gasteiger charge is 2.29. The van der Waals surface area contributed by atoms with Crippen LogP contribution >= 0.6 is 12.4 Å². The average molecular weight is 310 g/mol. The van der Waals surface area contributed by atoms with Gasteiger partial charge in [0, 0.05) is 17.3 Å². The highest BCUT2D eigenvalue weighted by atomic mass is 35.5. The summed E-state index contributed by atoms with van der Waals surface area (Å²) < 4.78 is 0. The van der Waals surface area contributed by atoms with E-state index < -0.39 is 0 Å². The maximum Gasteiger partial charge on any atom is 0.241 e. The Hall–Kier alpha value is -1.59. The first kappa shape index (κ1) is 15.8. The number of carbonyl (C=O) groups excluding carboxylic acids is 2. The second kappa shape index (κ2) is 6.91. The molecule has 6 heteroatoms. The van der Waals surface area contributed by atoms with Gasteiger partial charge in [-0.3, -0.25) is 9.59 Å². The van der Waals surface area contributed by atoms with Crippen LogP contribution in [-0.4, -0.2) is 24.4 Å². The monoisotopic (exact) mass is 309 g/mol. The molecular weight excluding hydrogens is 290 g/mol. The van der Waals surface area contributed by atoms with E-state index in [9.17, 15) is 9.59 Å². The third kappa shape index (κ3) is 4.19. The fourth-order valence-electron chi connectivity index (χ4n) is 2.36. The number of carbonyl (C=O) groups is 2. The number of benzene rings is 1. The maximum absolute atomic E-state index is 11.9. The Kier molecular flexibility index (Phi) is 5.20. The number of amides is 2. The van der Waals surface area contributed by atoms with Gasteiger partial charge in [-0.15, -0.1) is 12.4 Å². The van der Waals surface area contributed by atoms with Crippen molar-refractivity contribution in [1.82, 2.24) is 5.32 Å². The second-order valence-electron chi connectivity index (χ2n) is 5.48. The Morgan fingerprint density at radius 1 is 0.952 bits per heavy atom. The standard InChI is InChI=1S/C15H19N3O2.ClH/c19-14(10-3-4-10)17-11-5-7-12(8-6-11)18-15(20)13-2-1-9-16-13;/h5-8,10,13,16H,1-4,9H2,(H,17,19)(H,18,20);1H. The molecule has 1 aliphatic carbocycles. The highest BCUT2D eigenvalue weighted by Crippen LogP contribution is 2.30. The Morgan fingerprint density at radius 3 is 2.00 bits per heavy atom. The summed E-state index contributed by atoms with van der Waals surface area (Å²) >= 11 is 0. The van der Waals surface area contributed by atoms with Gasteiger partial charge in [0.1, 0.15) is 0 Å². The fraction of sp³-hybridized carbons (Fsp3) is 0.467. The summed E-state index contributed by atoms with van der Waals surface area (Å²) in [5.74, 6) is 0.303. The number of anilines is 2. The topological polar surface area (TPSA) is 70.2 Å². The van der Waals surface area contributed by atoms with Crippen LogP contribution in [0.5, 0.6) is 0 Å². The summed E-state index contributed by atoms with van der Waals surface area (Å²) in [6, 6.07) is 7.19. The molecule has 3 N–H and O–H groups in total. The van der Waals surface area contributed by atoms with Crippen LogP contribution in [0.25, 0.3) is 0 Å². The second-order valence-corrected chi connectivity index (χ2v) is 5.48. The molecule has 1 aromatic rings. The molecule has 1 unspecified atom stereocenters. The molecule has 1 saturated carbocycles. The molecule has 2 aliphatic rings. The Balaban J connectivity index is 0.00000161. The van der Waals surface area contributed by atoms with E-state index in [-0.39, 0.29) is 36.2 Å². The predicted octanol–water partition coefficient (Wildman–Crippen LogP) is 2.15. The van der Waals surface area contributed by atoms with E-state index in [1.807, 2.05) is 24.3 Å². The molecule has 1 aromatic carbocycles. The zero-order valence-electron chi connectivity index (χ0n) is 11.7. The van der Waals surface area contributed by atoms with Crippen molar-refractivity contribution in [2.24, 2.45) is 5.92 Å². The smallest absolute Gasteiger partial charge is 0.241 e. The van der Waals surface area contributed by atoms with Gasteiger partial charge in [-0.05, 0) is 56.5 Å². The van der Waals surface area contributed by atoms with E-state index in [4.69, 9.17) is 0 Å². The van der Waals surface area contributed by atoms with Crippen molar-refractivity contribution >= 4 is 35.6 Å². The Labute approximate surface area is 130 Å². The molecule has 1 saturated heterocycles. The molecule has 0 aromatic heterocycles. The van der Waals surface area contributed by atoms with E-state index in [1.165, 1.54) is 0 Å². The molecule has 1 atom stereocenters. The van der Waals surface area contributed by atoms with Gasteiger partial charge in [-0.2, -0.15) is 0 Å². The molecule has 2 fully saturated rings. The van der Waals surface area contributed by atoms with Crippen LogP contribution in [-0.2, 0) is 9.59 Å². The number of nitrogens with one attached hydrogen (secondary N) is 3. The normalized spacial score (nSPS) is 20.5. The summed E-state index contributed by atoms with van der Waals surface area (Å²) in [6.07, 6.45) is 3.92. The summed E-state index contributed by atoms with van der Waals surface area (Å²) in [6.45, 7) is 0.907. The first-order valence-corrected chi connectivity index (χ1v) is 7.17. The molecule has 0 spiro atoms. The lowest BCUT2D eigenvalue weighted by Crippen LogP contribution is -2.35. The minimum Gasteiger partial charge on any atom is -0.326 e. The molecule has 21 heavy (non-hydrogen) atoms. The van der Waals surface area contributed by atoms with Crippen molar-refractivity contribution < 1.29 is 9.59 Å². The lowest BCUT2D eigenvalue weighted by molar-refractivity contribution is -0.118. The molecule has 114 valence electrons. The van der Waals surface area contributed by atoms with Gasteiger partial charge in [0.15, 0.2) is 0 Å². The summed E-state index contributed by atoms with van der Waals surface area (Å²) in [5.41, 5.74) is 1.53. The Morgan fingerprint density at radius 2 is 1.52 bits per heavy atom. The molecule has 1 heterocycles. The minimum atomic E-state index is -0.0794. The predicted molar refractivity (Wildman–Crippen MR) is 84.7 cm³/mol. The molecule has 0 bridgehead atoms. The quantitative estimate of drug-likeness (QED) is 0.798. The van der Waals surface area contributed by atoms with Crippen molar-refractivity contribution in [2.45, 2.75) is 31.7 Å². The summed E-state index contributed by atoms with van der Waals surface area (Å²) in [4.78, 5) is 23.6. The van der Waals surface area contributed by atoms with Crippen molar-refractivity contribution in [2.75, 3.05) is 17.2 Å². The Bertz CT molecular complexity index is 508. The number of rotatable bonds is 4. The molecule has 2 amide bonds. The molecule has 1 aliphatic heterocycles. The molecule has 0 radical (unpaired) electrons. The van der Waals surface area contributed by atoms with Crippen molar-refractivity contribution in [3.05, 3.63) is 24.3 Å². The fourth-order valence-corrected chi connectivity index (χ4v) is 2.36. The maximum atomic E-state index is 11.9. The van der Waals surface area contributed by atoms with Gasteiger partial charge in [0.2, 0.25) is 11.8 Å². The lowest BCUT2D eigenvalue weighted by atomic mass is 10.2. The zero-order valence-corrected chi connectivity index (χ0v) is 12.5. The van der Waals surface area contributed by atoms with Crippen LogP contribution < -0.4 is 16.0 Å². The van der Waals surface area contributed by atoms with Gasteiger partial charge in [0.25, 0.3) is 0 Å². The lowest BCUT2D eigenvalue weighted by Gasteiger charge is -2.11. The zero-order chi connectivity index (χ0) is 13.9. The molecular formula is C15H20ClN3O2. The van der Waals surface area contributed by atoms with E-state index >= 15 is 0 Å². The largest absolute Gasteiger partial charge is 0.326 e. The highest BCUT2D eigenvalue weighted by molar-refractivity contribution is 5.96. The van der Waals surface area contributed by atoms with Crippen LogP contribution in [0.15, 0.2) is 24.3 Å². The van der Waals surface area contributed by atoms with E-state index in [0.29, 0.717) is 0 Å². The van der Waals surface area contributed by atoms with E-state index in [2.05, 4.69) is 16.0 Å². The summed E-state index contributed by atoms with van der Waals surface area (Å²) in [5, 5.41) is 8.93. The van der Waals surface area contributed by atoms with Crippen molar-refractivity contribution in [3.8, 4) is 0 Å². The third-order valence-electron chi connectivity index (χ3n) is 3.74. The van der Waals surface area contributed by atoms with Crippen molar-refractivity contribution in [1.29, 1.82) is 0 Å². The van der Waals surface area contributed by atoms with Gasteiger partial charge < -0.3 is 16.0 Å². The van der Waals surface area contributed by atoms with Crippen LogP contribution in [0.4, 0.5) is 11.4 Å². The van der Waals surface area contributed by atoms with Crippen LogP contribution in [0, 0.1) is 5.92 Å². The van der Waals surface area contributed by atoms with Gasteiger partial charge in [-0.25, -0.2) is 0 Å². The molecule has 5 nitrogen and oxygen atoms in total. The van der Waals surface area contributed by atoms with Gasteiger partial charge in [-0.1, -0.05) is 0 Å². The van der Waals surface area contributed by atoms with Crippen LogP contribution in [0.2, 0.25) is 0 Å². The number of hydrogen-bond donors (Lipinski definition) is 3. The minimum absolute atomic E-state index is 0. The average Bonchev–Trinajstić information content (AvgIpc) is 3.16. The van der Waals surface area contributed by atoms with E-state index in [1.54, 1.807) is 0 Å². The number of hydrogen-bond acceptors (Lipinski definition) is 3. The summed E-state index contributed by atoms with van der Waals surface area (Å²) in [7, 11) is 0. The van der Waals surface area contributed by atoms with Crippen molar-refractivity contribution in [3.63, 3.8) is 0 Å². The van der Waals surface area contributed by atoms with Gasteiger partial charge >= 0.3 is 0 Å². The van der Waals surface area contributed by atoms with Crippen LogP contribution in [0.3, 0.4) is 0 Å². The SMILES string of the molecule is Cl.O=C(Nc1ccc(NC(=O)C2CCCN2)cc1)C1CC1. The first-order valence-electron chi connectivity index (χ1n) is 7.17. The first-order chi connectivity index (χ1) is 9.72. The van der Waals surface area contributed by atoms with E-state index in [0.717, 1.165) is 43.6 Å². The van der Waals surface area contributed by atoms with Crippen LogP contribution in [0.1, 0.15) is 25.7 Å². The van der Waals surface area contributed by atoms with Gasteiger partial charge in [0.05, 0.1) is 6.04 Å². The number of halogens is 1. The molecule has 3 rings (SSSR count). The third-order valence-corrected chi connectivity index (χ3v) is 3.74.